The van der Waals surface area contributed by atoms with E-state index in [1.54, 1.807) is 23.2 Å². The number of fused-ring (bicyclic) bond motifs is 2. The molecule has 0 aliphatic carbocycles. The number of nitrogens with two attached hydrogens (primary N) is 1. The number of aryl methyl sites for hydroxylation is 1. The van der Waals surface area contributed by atoms with E-state index in [1.807, 2.05) is 19.1 Å². The summed E-state index contributed by atoms with van der Waals surface area (Å²) in [4.78, 5) is 40.6. The lowest BCUT2D eigenvalue weighted by Gasteiger charge is -2.45. The average Bonchev–Trinajstić information content (AvgIpc) is 3.31. The second kappa shape index (κ2) is 9.14. The van der Waals surface area contributed by atoms with Crippen LogP contribution in [0.15, 0.2) is 36.5 Å². The molecule has 1 saturated heterocycles. The summed E-state index contributed by atoms with van der Waals surface area (Å²) in [6, 6.07) is 6.21. The van der Waals surface area contributed by atoms with Gasteiger partial charge in [-0.15, -0.1) is 0 Å². The molecule has 4 amide bonds. The number of hydrogen-bond acceptors (Lipinski definition) is 4. The number of primary amides is 1. The molecule has 3 aromatic rings. The number of carboxylic acid groups (broad SMARTS) is 1. The molecule has 10 nitrogen and oxygen atoms in total. The Morgan fingerprint density at radius 2 is 2.14 bits per heavy atom. The first-order chi connectivity index (χ1) is 17.2. The fourth-order valence-corrected chi connectivity index (χ4v) is 5.56. The number of aliphatic carboxylic acids is 1. The van der Waals surface area contributed by atoms with E-state index < -0.39 is 35.8 Å². The highest BCUT2D eigenvalue weighted by Gasteiger charge is 2.42. The monoisotopic (exact) mass is 494 g/mol. The fourth-order valence-electron chi connectivity index (χ4n) is 5.56. The van der Waals surface area contributed by atoms with Gasteiger partial charge in [0.1, 0.15) is 5.82 Å². The highest BCUT2D eigenvalue weighted by atomic mass is 19.1. The second-order valence-corrected chi connectivity index (χ2v) is 9.50. The fraction of sp³-hybridized carbons (Fsp3) is 0.360. The lowest BCUT2D eigenvalue weighted by Crippen LogP contribution is -2.58. The number of halogens is 1. The molecule has 1 fully saturated rings. The van der Waals surface area contributed by atoms with Gasteiger partial charge in [-0.3, -0.25) is 9.89 Å². The van der Waals surface area contributed by atoms with Crippen LogP contribution >= 0.6 is 0 Å². The Balaban J connectivity index is 1.43. The van der Waals surface area contributed by atoms with Crippen molar-refractivity contribution < 1.29 is 23.9 Å². The van der Waals surface area contributed by atoms with E-state index >= 15 is 0 Å². The van der Waals surface area contributed by atoms with Gasteiger partial charge >= 0.3 is 18.0 Å². The van der Waals surface area contributed by atoms with Crippen molar-refractivity contribution in [3.05, 3.63) is 59.0 Å². The number of carboxylic acids is 1. The van der Waals surface area contributed by atoms with Crippen molar-refractivity contribution in [1.29, 1.82) is 0 Å². The third kappa shape index (κ3) is 4.21. The van der Waals surface area contributed by atoms with Crippen molar-refractivity contribution in [2.24, 2.45) is 11.7 Å². The topological polar surface area (TPSA) is 145 Å². The molecule has 3 atom stereocenters. The molecule has 11 heteroatoms. The van der Waals surface area contributed by atoms with Crippen LogP contribution in [-0.2, 0) is 17.8 Å². The van der Waals surface area contributed by atoms with Crippen molar-refractivity contribution >= 4 is 34.6 Å². The van der Waals surface area contributed by atoms with Crippen LogP contribution in [0.1, 0.15) is 29.5 Å². The summed E-state index contributed by atoms with van der Waals surface area (Å²) in [6.07, 6.45) is 2.54. The van der Waals surface area contributed by atoms with Crippen LogP contribution in [-0.4, -0.2) is 61.8 Å². The summed E-state index contributed by atoms with van der Waals surface area (Å²) in [7, 11) is 0. The van der Waals surface area contributed by atoms with Gasteiger partial charge in [0.2, 0.25) is 0 Å². The number of amides is 4. The number of hydrogen-bond donors (Lipinski definition) is 4. The van der Waals surface area contributed by atoms with Crippen LogP contribution in [0.3, 0.4) is 0 Å². The number of H-pyrrole nitrogens is 1. The molecule has 5 N–H and O–H groups in total. The van der Waals surface area contributed by atoms with Crippen LogP contribution in [0.5, 0.6) is 0 Å². The number of nitrogens with zero attached hydrogens (tertiary/aromatic N) is 3. The summed E-state index contributed by atoms with van der Waals surface area (Å²) in [6.45, 7) is 2.33. The number of anilines is 1. The molecule has 36 heavy (non-hydrogen) atoms. The summed E-state index contributed by atoms with van der Waals surface area (Å²) >= 11 is 0. The van der Waals surface area contributed by atoms with Crippen LogP contribution in [0.2, 0.25) is 0 Å². The first kappa shape index (κ1) is 23.6. The molecular formula is C25H27FN6O4. The van der Waals surface area contributed by atoms with E-state index in [2.05, 4.69) is 15.5 Å². The minimum atomic E-state index is -1.05. The van der Waals surface area contributed by atoms with Gasteiger partial charge in [0, 0.05) is 30.6 Å². The minimum Gasteiger partial charge on any atom is -0.481 e. The van der Waals surface area contributed by atoms with E-state index in [0.29, 0.717) is 12.0 Å². The normalized spacial score (nSPS) is 20.7. The first-order valence-electron chi connectivity index (χ1n) is 11.8. The molecule has 5 rings (SSSR count). The number of carbonyl (C=O) groups excluding carboxylic acids is 2. The van der Waals surface area contributed by atoms with Crippen LogP contribution in [0, 0.1) is 18.7 Å². The Hall–Kier alpha value is -4.15. The molecule has 0 bridgehead atoms. The second-order valence-electron chi connectivity index (χ2n) is 9.50. The molecule has 0 saturated carbocycles. The number of aromatic amines is 1. The predicted molar refractivity (Wildman–Crippen MR) is 130 cm³/mol. The Bertz CT molecular complexity index is 1360. The van der Waals surface area contributed by atoms with Gasteiger partial charge in [0.15, 0.2) is 0 Å². The minimum absolute atomic E-state index is 0.165. The molecule has 0 radical (unpaired) electrons. The first-order valence-corrected chi connectivity index (χ1v) is 11.8. The van der Waals surface area contributed by atoms with Crippen molar-refractivity contribution in [2.45, 2.75) is 44.8 Å². The molecule has 2 aliphatic rings. The third-order valence-corrected chi connectivity index (χ3v) is 7.32. The SMILES string of the molecule is Cc1cc(CC(C(=O)O)C2CC(N3Cc4cccc(F)c4NC3=O)CCN2C(N)=O)cc2cn[nH]c12. The van der Waals surface area contributed by atoms with Gasteiger partial charge in [-0.2, -0.15) is 5.10 Å². The smallest absolute Gasteiger partial charge is 0.322 e. The van der Waals surface area contributed by atoms with Gasteiger partial charge in [-0.05, 0) is 55.0 Å². The van der Waals surface area contributed by atoms with Gasteiger partial charge in [-0.1, -0.05) is 18.2 Å². The lowest BCUT2D eigenvalue weighted by atomic mass is 9.83. The Kier molecular flexibility index (Phi) is 5.99. The van der Waals surface area contributed by atoms with Gasteiger partial charge in [0.25, 0.3) is 0 Å². The zero-order valence-electron chi connectivity index (χ0n) is 19.7. The maximum atomic E-state index is 14.2. The quantitative estimate of drug-likeness (QED) is 0.430. The highest BCUT2D eigenvalue weighted by molar-refractivity contribution is 5.92. The van der Waals surface area contributed by atoms with Gasteiger partial charge < -0.3 is 26.0 Å². The largest absolute Gasteiger partial charge is 0.481 e. The molecule has 3 heterocycles. The number of carbonyl (C=O) groups is 3. The van der Waals surface area contributed by atoms with Crippen LogP contribution in [0.4, 0.5) is 19.7 Å². The molecule has 0 spiro atoms. The van der Waals surface area contributed by atoms with Crippen molar-refractivity contribution in [1.82, 2.24) is 20.0 Å². The Labute approximate surface area is 206 Å². The molecule has 188 valence electrons. The molecule has 2 aliphatic heterocycles. The zero-order chi connectivity index (χ0) is 25.6. The summed E-state index contributed by atoms with van der Waals surface area (Å²) < 4.78 is 14.2. The maximum absolute atomic E-state index is 14.2. The number of nitrogens with one attached hydrogen (secondary N) is 2. The standard InChI is InChI=1S/C25H27FN6O4/c1-13-7-14(8-16-11-28-30-21(13)16)9-18(23(33)34)20-10-17(5-6-31(20)24(27)35)32-12-15-3-2-4-19(26)22(15)29-25(32)36/h2-4,7-8,11,17-18,20H,5-6,9-10,12H2,1H3,(H2,27,35)(H,28,30)(H,29,36)(H,33,34). The number of para-hydroxylation sites is 1. The van der Waals surface area contributed by atoms with E-state index in [4.69, 9.17) is 5.73 Å². The lowest BCUT2D eigenvalue weighted by molar-refractivity contribution is -0.144. The highest BCUT2D eigenvalue weighted by Crippen LogP contribution is 2.34. The summed E-state index contributed by atoms with van der Waals surface area (Å²) in [5.41, 5.74) is 9.09. The van der Waals surface area contributed by atoms with Gasteiger partial charge in [-0.25, -0.2) is 14.0 Å². The van der Waals surface area contributed by atoms with E-state index in [1.165, 1.54) is 11.0 Å². The summed E-state index contributed by atoms with van der Waals surface area (Å²) in [5.74, 6) is -2.49. The number of aromatic nitrogens is 2. The maximum Gasteiger partial charge on any atom is 0.322 e. The van der Waals surface area contributed by atoms with E-state index in [-0.39, 0.29) is 37.7 Å². The van der Waals surface area contributed by atoms with E-state index in [0.717, 1.165) is 22.0 Å². The van der Waals surface area contributed by atoms with Gasteiger partial charge in [0.05, 0.1) is 23.3 Å². The van der Waals surface area contributed by atoms with Crippen molar-refractivity contribution in [3.8, 4) is 0 Å². The number of likely N-dealkylation sites (tertiary alicyclic amines) is 1. The predicted octanol–water partition coefficient (Wildman–Crippen LogP) is 3.21. The van der Waals surface area contributed by atoms with Crippen molar-refractivity contribution in [3.63, 3.8) is 0 Å². The molecular weight excluding hydrogens is 467 g/mol. The van der Waals surface area contributed by atoms with Crippen LogP contribution < -0.4 is 11.1 Å². The number of benzene rings is 2. The average molecular weight is 495 g/mol. The van der Waals surface area contributed by atoms with E-state index in [9.17, 15) is 23.9 Å². The number of urea groups is 2. The molecule has 1 aromatic heterocycles. The number of piperidine rings is 1. The zero-order valence-corrected chi connectivity index (χ0v) is 19.7. The molecule has 3 unspecified atom stereocenters. The number of rotatable bonds is 5. The Morgan fingerprint density at radius 3 is 2.89 bits per heavy atom. The Morgan fingerprint density at radius 1 is 1.33 bits per heavy atom. The van der Waals surface area contributed by atoms with Crippen molar-refractivity contribution in [2.75, 3.05) is 11.9 Å². The molecule has 2 aromatic carbocycles. The van der Waals surface area contributed by atoms with Crippen LogP contribution in [0.25, 0.3) is 10.9 Å². The third-order valence-electron chi connectivity index (χ3n) is 7.32. The summed E-state index contributed by atoms with van der Waals surface area (Å²) in [5, 5.41) is 20.7.